The molecule has 6 heteroatoms. The van der Waals surface area contributed by atoms with Gasteiger partial charge in [0.15, 0.2) is 0 Å². The van der Waals surface area contributed by atoms with Gasteiger partial charge in [0.2, 0.25) is 5.88 Å². The monoisotopic (exact) mass is 334 g/mol. The summed E-state index contributed by atoms with van der Waals surface area (Å²) in [5, 5.41) is 3.24. The number of amides is 1. The number of pyridine rings is 2. The third kappa shape index (κ3) is 3.92. The third-order valence-corrected chi connectivity index (χ3v) is 3.73. The molecule has 0 spiro atoms. The molecule has 126 valence electrons. The molecule has 0 unspecified atom stereocenters. The van der Waals surface area contributed by atoms with Crippen LogP contribution in [-0.2, 0) is 6.54 Å². The number of methoxy groups -OCH3 is 1. The van der Waals surface area contributed by atoms with Gasteiger partial charge in [0.05, 0.1) is 19.0 Å². The Morgan fingerprint density at radius 2 is 2.00 bits per heavy atom. The molecular weight excluding hydrogens is 316 g/mol. The zero-order chi connectivity index (χ0) is 17.6. The molecule has 6 nitrogen and oxygen atoms in total. The average molecular weight is 334 g/mol. The van der Waals surface area contributed by atoms with Crippen molar-refractivity contribution in [3.63, 3.8) is 0 Å². The number of anilines is 1. The maximum absolute atomic E-state index is 11.5. The van der Waals surface area contributed by atoms with E-state index in [9.17, 15) is 4.79 Å². The molecule has 0 aliphatic carbocycles. The average Bonchev–Trinajstić information content (AvgIpc) is 2.67. The molecule has 25 heavy (non-hydrogen) atoms. The summed E-state index contributed by atoms with van der Waals surface area (Å²) in [6.45, 7) is 0.584. The molecular formula is C19H18N4O2. The first kappa shape index (κ1) is 16.4. The van der Waals surface area contributed by atoms with Crippen LogP contribution in [0.4, 0.5) is 5.69 Å². The Morgan fingerprint density at radius 1 is 1.16 bits per heavy atom. The van der Waals surface area contributed by atoms with E-state index in [0.717, 1.165) is 16.7 Å². The van der Waals surface area contributed by atoms with E-state index in [1.54, 1.807) is 18.5 Å². The Kier molecular flexibility index (Phi) is 4.89. The SMILES string of the molecule is COc1ncc(NCc2cccc(-c3cccnc3)c2)cc1C(N)=O. The molecule has 0 saturated carbocycles. The molecule has 0 radical (unpaired) electrons. The first-order chi connectivity index (χ1) is 12.2. The van der Waals surface area contributed by atoms with Crippen LogP contribution >= 0.6 is 0 Å². The van der Waals surface area contributed by atoms with Crippen molar-refractivity contribution >= 4 is 11.6 Å². The number of aromatic nitrogens is 2. The van der Waals surface area contributed by atoms with E-state index in [-0.39, 0.29) is 11.4 Å². The molecule has 0 atom stereocenters. The largest absolute Gasteiger partial charge is 0.480 e. The van der Waals surface area contributed by atoms with Crippen LogP contribution in [0.5, 0.6) is 5.88 Å². The van der Waals surface area contributed by atoms with Gasteiger partial charge in [-0.05, 0) is 34.9 Å². The summed E-state index contributed by atoms with van der Waals surface area (Å²) in [5.74, 6) is -0.358. The van der Waals surface area contributed by atoms with Crippen molar-refractivity contribution in [1.29, 1.82) is 0 Å². The van der Waals surface area contributed by atoms with Gasteiger partial charge in [-0.3, -0.25) is 9.78 Å². The van der Waals surface area contributed by atoms with Crippen molar-refractivity contribution in [3.05, 3.63) is 72.2 Å². The number of nitrogens with one attached hydrogen (secondary N) is 1. The predicted octanol–water partition coefficient (Wildman–Crippen LogP) is 2.86. The van der Waals surface area contributed by atoms with Gasteiger partial charge in [0.1, 0.15) is 5.56 Å². The van der Waals surface area contributed by atoms with Gasteiger partial charge < -0.3 is 15.8 Å². The second kappa shape index (κ2) is 7.44. The lowest BCUT2D eigenvalue weighted by Crippen LogP contribution is -2.14. The summed E-state index contributed by atoms with van der Waals surface area (Å²) in [6.07, 6.45) is 5.19. The maximum atomic E-state index is 11.5. The van der Waals surface area contributed by atoms with Crippen molar-refractivity contribution < 1.29 is 9.53 Å². The molecule has 3 N–H and O–H groups in total. The standard InChI is InChI=1S/C19H18N4O2/c1-25-19-17(18(20)24)9-16(12-23-19)22-10-13-4-2-5-14(8-13)15-6-3-7-21-11-15/h2-9,11-12,22H,10H2,1H3,(H2,20,24). The molecule has 0 aliphatic heterocycles. The lowest BCUT2D eigenvalue weighted by Gasteiger charge is -2.10. The first-order valence-electron chi connectivity index (χ1n) is 7.74. The molecule has 0 aliphatic rings. The van der Waals surface area contributed by atoms with Gasteiger partial charge in [0, 0.05) is 18.9 Å². The number of carbonyl (C=O) groups excluding carboxylic acids is 1. The molecule has 1 amide bonds. The van der Waals surface area contributed by atoms with Crippen molar-refractivity contribution in [1.82, 2.24) is 9.97 Å². The number of rotatable bonds is 6. The van der Waals surface area contributed by atoms with Gasteiger partial charge in [-0.15, -0.1) is 0 Å². The van der Waals surface area contributed by atoms with Crippen LogP contribution in [0, 0.1) is 0 Å². The fraction of sp³-hybridized carbons (Fsp3) is 0.105. The number of carbonyl (C=O) groups is 1. The Hall–Kier alpha value is -3.41. The van der Waals surface area contributed by atoms with Crippen LogP contribution in [0.1, 0.15) is 15.9 Å². The molecule has 0 fully saturated rings. The Bertz CT molecular complexity index is 882. The highest BCUT2D eigenvalue weighted by Crippen LogP contribution is 2.21. The number of hydrogen-bond acceptors (Lipinski definition) is 5. The number of nitrogens with zero attached hydrogens (tertiary/aromatic N) is 2. The zero-order valence-electron chi connectivity index (χ0n) is 13.8. The van der Waals surface area contributed by atoms with E-state index in [1.165, 1.54) is 7.11 Å². The van der Waals surface area contributed by atoms with E-state index in [2.05, 4.69) is 21.4 Å². The number of primary amides is 1. The molecule has 0 saturated heterocycles. The van der Waals surface area contributed by atoms with Gasteiger partial charge in [-0.1, -0.05) is 24.3 Å². The van der Waals surface area contributed by atoms with Gasteiger partial charge in [0.25, 0.3) is 5.91 Å². The molecule has 3 aromatic rings. The zero-order valence-corrected chi connectivity index (χ0v) is 13.8. The summed E-state index contributed by atoms with van der Waals surface area (Å²) in [5.41, 5.74) is 9.55. The quantitative estimate of drug-likeness (QED) is 0.723. The van der Waals surface area contributed by atoms with Crippen LogP contribution in [-0.4, -0.2) is 23.0 Å². The summed E-state index contributed by atoms with van der Waals surface area (Å²) in [7, 11) is 1.45. The van der Waals surface area contributed by atoms with E-state index in [4.69, 9.17) is 10.5 Å². The Morgan fingerprint density at radius 3 is 2.72 bits per heavy atom. The van der Waals surface area contributed by atoms with Crippen molar-refractivity contribution in [3.8, 4) is 17.0 Å². The van der Waals surface area contributed by atoms with Crippen LogP contribution in [0.2, 0.25) is 0 Å². The molecule has 2 heterocycles. The topological polar surface area (TPSA) is 90.1 Å². The van der Waals surface area contributed by atoms with E-state index in [1.807, 2.05) is 36.5 Å². The van der Waals surface area contributed by atoms with E-state index >= 15 is 0 Å². The molecule has 1 aromatic carbocycles. The lowest BCUT2D eigenvalue weighted by molar-refractivity contribution is 0.0996. The second-order valence-corrected chi connectivity index (χ2v) is 5.44. The van der Waals surface area contributed by atoms with Gasteiger partial charge in [-0.25, -0.2) is 4.98 Å². The third-order valence-electron chi connectivity index (χ3n) is 3.73. The lowest BCUT2D eigenvalue weighted by atomic mass is 10.0. The number of ether oxygens (including phenoxy) is 1. The second-order valence-electron chi connectivity index (χ2n) is 5.44. The minimum atomic E-state index is -0.577. The normalized spacial score (nSPS) is 10.3. The Labute approximate surface area is 145 Å². The molecule has 2 aromatic heterocycles. The highest BCUT2D eigenvalue weighted by atomic mass is 16.5. The van der Waals surface area contributed by atoms with Crippen molar-refractivity contribution in [2.45, 2.75) is 6.54 Å². The van der Waals surface area contributed by atoms with Crippen LogP contribution in [0.25, 0.3) is 11.1 Å². The summed E-state index contributed by atoms with van der Waals surface area (Å²) in [4.78, 5) is 19.7. The van der Waals surface area contributed by atoms with Crippen LogP contribution in [0.15, 0.2) is 61.1 Å². The molecule has 3 rings (SSSR count). The number of benzene rings is 1. The van der Waals surface area contributed by atoms with Crippen molar-refractivity contribution in [2.75, 3.05) is 12.4 Å². The minimum absolute atomic E-state index is 0.219. The number of hydrogen-bond donors (Lipinski definition) is 2. The smallest absolute Gasteiger partial charge is 0.254 e. The van der Waals surface area contributed by atoms with Crippen LogP contribution < -0.4 is 15.8 Å². The van der Waals surface area contributed by atoms with Crippen molar-refractivity contribution in [2.24, 2.45) is 5.73 Å². The van der Waals surface area contributed by atoms with E-state index in [0.29, 0.717) is 12.2 Å². The van der Waals surface area contributed by atoms with Crippen LogP contribution in [0.3, 0.4) is 0 Å². The summed E-state index contributed by atoms with van der Waals surface area (Å²) >= 11 is 0. The Balaban J connectivity index is 1.76. The predicted molar refractivity (Wildman–Crippen MR) is 96.3 cm³/mol. The highest BCUT2D eigenvalue weighted by molar-refractivity contribution is 5.95. The fourth-order valence-corrected chi connectivity index (χ4v) is 2.49. The number of nitrogens with two attached hydrogens (primary N) is 1. The summed E-state index contributed by atoms with van der Waals surface area (Å²) in [6, 6.07) is 13.7. The summed E-state index contributed by atoms with van der Waals surface area (Å²) < 4.78 is 5.04. The fourth-order valence-electron chi connectivity index (χ4n) is 2.49. The van der Waals surface area contributed by atoms with Gasteiger partial charge in [-0.2, -0.15) is 0 Å². The first-order valence-corrected chi connectivity index (χ1v) is 7.74. The van der Waals surface area contributed by atoms with Gasteiger partial charge >= 0.3 is 0 Å². The highest BCUT2D eigenvalue weighted by Gasteiger charge is 2.11. The molecule has 0 bridgehead atoms. The maximum Gasteiger partial charge on any atom is 0.254 e. The van der Waals surface area contributed by atoms with E-state index < -0.39 is 5.91 Å². The minimum Gasteiger partial charge on any atom is -0.480 e.